The lowest BCUT2D eigenvalue weighted by atomic mass is 10.2. The molecule has 0 amide bonds. The minimum atomic E-state index is -0.265. The van der Waals surface area contributed by atoms with E-state index in [2.05, 4.69) is 43.1 Å². The van der Waals surface area contributed by atoms with Gasteiger partial charge in [0.15, 0.2) is 5.96 Å². The highest BCUT2D eigenvalue weighted by molar-refractivity contribution is 9.10. The third kappa shape index (κ3) is 4.95. The molecule has 1 fully saturated rings. The second-order valence-corrected chi connectivity index (χ2v) is 7.25. The van der Waals surface area contributed by atoms with Crippen molar-refractivity contribution in [1.82, 2.24) is 9.80 Å². The molecule has 0 aliphatic carbocycles. The molecule has 1 saturated heterocycles. The molecular formula is C19H22BrFN4O. The Morgan fingerprint density at radius 1 is 1.15 bits per heavy atom. The summed E-state index contributed by atoms with van der Waals surface area (Å²) in [7, 11) is 2.10. The van der Waals surface area contributed by atoms with Crippen LogP contribution in [0.3, 0.4) is 0 Å². The minimum absolute atomic E-state index is 0.213. The maximum atomic E-state index is 14.0. The van der Waals surface area contributed by atoms with Crippen molar-refractivity contribution in [3.05, 3.63) is 58.3 Å². The van der Waals surface area contributed by atoms with Crippen molar-refractivity contribution in [3.63, 3.8) is 0 Å². The fourth-order valence-electron chi connectivity index (χ4n) is 2.74. The quantitative estimate of drug-likeness (QED) is 0.453. The molecule has 3 rings (SSSR count). The number of nitrogens with zero attached hydrogens (tertiary/aromatic N) is 3. The number of likely N-dealkylation sites (N-methyl/N-ethyl adjacent to an activating group) is 1. The molecule has 0 bridgehead atoms. The molecule has 0 unspecified atom stereocenters. The van der Waals surface area contributed by atoms with Gasteiger partial charge in [-0.1, -0.05) is 15.9 Å². The molecule has 2 aromatic carbocycles. The van der Waals surface area contributed by atoms with Gasteiger partial charge in [0.1, 0.15) is 11.6 Å². The number of rotatable bonds is 3. The van der Waals surface area contributed by atoms with Gasteiger partial charge in [-0.05, 0) is 49.5 Å². The number of anilines is 1. The Morgan fingerprint density at radius 3 is 2.54 bits per heavy atom. The molecule has 2 N–H and O–H groups in total. The van der Waals surface area contributed by atoms with Crippen molar-refractivity contribution in [3.8, 4) is 5.75 Å². The van der Waals surface area contributed by atoms with Crippen LogP contribution in [0, 0.1) is 5.82 Å². The second kappa shape index (κ2) is 8.51. The number of hydrogen-bond donors (Lipinski definition) is 2. The van der Waals surface area contributed by atoms with E-state index in [1.54, 1.807) is 36.4 Å². The highest BCUT2D eigenvalue weighted by Gasteiger charge is 2.18. The summed E-state index contributed by atoms with van der Waals surface area (Å²) in [5.74, 6) is 0.660. The largest absolute Gasteiger partial charge is 0.508 e. The lowest BCUT2D eigenvalue weighted by Gasteiger charge is -2.34. The first-order valence-corrected chi connectivity index (χ1v) is 9.28. The van der Waals surface area contributed by atoms with Crippen LogP contribution in [0.2, 0.25) is 0 Å². The molecule has 0 spiro atoms. The van der Waals surface area contributed by atoms with E-state index in [0.717, 1.165) is 36.3 Å². The summed E-state index contributed by atoms with van der Waals surface area (Å²) in [6.07, 6.45) is 0. The van der Waals surface area contributed by atoms with E-state index in [-0.39, 0.29) is 18.1 Å². The predicted molar refractivity (Wildman–Crippen MR) is 106 cm³/mol. The number of aromatic hydroxyl groups is 1. The monoisotopic (exact) mass is 420 g/mol. The van der Waals surface area contributed by atoms with Gasteiger partial charge >= 0.3 is 0 Å². The van der Waals surface area contributed by atoms with Gasteiger partial charge in [0.25, 0.3) is 0 Å². The Hall–Kier alpha value is -2.12. The van der Waals surface area contributed by atoms with Gasteiger partial charge in [0.2, 0.25) is 0 Å². The number of hydrogen-bond acceptors (Lipinski definition) is 3. The van der Waals surface area contributed by atoms with Crippen molar-refractivity contribution < 1.29 is 9.50 Å². The van der Waals surface area contributed by atoms with Crippen molar-refractivity contribution in [2.75, 3.05) is 38.5 Å². The standard InChI is InChI=1S/C19H22BrFN4O/c1-24-8-10-25(11-9-24)19(23-16-3-5-17(26)6-4-16)22-13-14-12-15(20)2-7-18(14)21/h2-7,12,26H,8-11,13H2,1H3,(H,22,23). The van der Waals surface area contributed by atoms with Gasteiger partial charge < -0.3 is 20.2 Å². The molecule has 0 atom stereocenters. The van der Waals surface area contributed by atoms with E-state index in [9.17, 15) is 9.50 Å². The Balaban J connectivity index is 1.81. The van der Waals surface area contributed by atoms with Crippen LogP contribution in [0.1, 0.15) is 5.56 Å². The minimum Gasteiger partial charge on any atom is -0.508 e. The molecule has 0 saturated carbocycles. The summed E-state index contributed by atoms with van der Waals surface area (Å²) in [6, 6.07) is 11.7. The van der Waals surface area contributed by atoms with Crippen LogP contribution in [-0.2, 0) is 6.54 Å². The smallest absolute Gasteiger partial charge is 0.198 e. The summed E-state index contributed by atoms with van der Waals surface area (Å²) < 4.78 is 14.9. The number of aliphatic imine (C=N–C) groups is 1. The molecule has 7 heteroatoms. The van der Waals surface area contributed by atoms with E-state index in [1.807, 2.05) is 0 Å². The zero-order chi connectivity index (χ0) is 18.5. The maximum absolute atomic E-state index is 14.0. The van der Waals surface area contributed by atoms with Gasteiger partial charge in [0, 0.05) is 41.9 Å². The zero-order valence-corrected chi connectivity index (χ0v) is 16.2. The average Bonchev–Trinajstić information content (AvgIpc) is 2.63. The summed E-state index contributed by atoms with van der Waals surface area (Å²) in [5.41, 5.74) is 1.37. The van der Waals surface area contributed by atoms with Crippen molar-refractivity contribution in [1.29, 1.82) is 0 Å². The number of phenolic OH excluding ortho intramolecular Hbond substituents is 1. The Bertz CT molecular complexity index is 774. The first-order chi connectivity index (χ1) is 12.5. The van der Waals surface area contributed by atoms with Crippen LogP contribution in [0.4, 0.5) is 10.1 Å². The molecule has 138 valence electrons. The molecule has 1 heterocycles. The van der Waals surface area contributed by atoms with E-state index in [1.165, 1.54) is 6.07 Å². The van der Waals surface area contributed by atoms with Gasteiger partial charge in [0.05, 0.1) is 6.54 Å². The summed E-state index contributed by atoms with van der Waals surface area (Å²) in [4.78, 5) is 9.09. The van der Waals surface area contributed by atoms with E-state index in [0.29, 0.717) is 11.5 Å². The topological polar surface area (TPSA) is 51.1 Å². The van der Waals surface area contributed by atoms with Crippen LogP contribution in [0.15, 0.2) is 51.9 Å². The number of nitrogens with one attached hydrogen (secondary N) is 1. The number of guanidine groups is 1. The van der Waals surface area contributed by atoms with Gasteiger partial charge in [-0.3, -0.25) is 0 Å². The average molecular weight is 421 g/mol. The lowest BCUT2D eigenvalue weighted by molar-refractivity contribution is 0.215. The van der Waals surface area contributed by atoms with E-state index >= 15 is 0 Å². The van der Waals surface area contributed by atoms with Crippen LogP contribution in [0.25, 0.3) is 0 Å². The highest BCUT2D eigenvalue weighted by Crippen LogP contribution is 2.18. The SMILES string of the molecule is CN1CCN(C(=NCc2cc(Br)ccc2F)Nc2ccc(O)cc2)CC1. The Kier molecular flexibility index (Phi) is 6.11. The number of piperazine rings is 1. The number of benzene rings is 2. The van der Waals surface area contributed by atoms with Crippen molar-refractivity contribution in [2.24, 2.45) is 4.99 Å². The highest BCUT2D eigenvalue weighted by atomic mass is 79.9. The van der Waals surface area contributed by atoms with Gasteiger partial charge in [-0.15, -0.1) is 0 Å². The number of phenols is 1. The van der Waals surface area contributed by atoms with Crippen molar-refractivity contribution in [2.45, 2.75) is 6.54 Å². The van der Waals surface area contributed by atoms with Crippen LogP contribution in [-0.4, -0.2) is 54.1 Å². The van der Waals surface area contributed by atoms with E-state index < -0.39 is 0 Å². The van der Waals surface area contributed by atoms with Gasteiger partial charge in [-0.2, -0.15) is 0 Å². The van der Waals surface area contributed by atoms with Crippen LogP contribution in [0.5, 0.6) is 5.75 Å². The number of halogens is 2. The Morgan fingerprint density at radius 2 is 1.85 bits per heavy atom. The molecule has 0 aromatic heterocycles. The molecule has 26 heavy (non-hydrogen) atoms. The van der Waals surface area contributed by atoms with Crippen LogP contribution < -0.4 is 5.32 Å². The first kappa shape index (κ1) is 18.7. The van der Waals surface area contributed by atoms with Gasteiger partial charge in [-0.25, -0.2) is 9.38 Å². The predicted octanol–water partition coefficient (Wildman–Crippen LogP) is 3.51. The van der Waals surface area contributed by atoms with Crippen LogP contribution >= 0.6 is 15.9 Å². The molecule has 5 nitrogen and oxygen atoms in total. The zero-order valence-electron chi connectivity index (χ0n) is 14.6. The van der Waals surface area contributed by atoms with E-state index in [4.69, 9.17) is 0 Å². The summed E-state index contributed by atoms with van der Waals surface area (Å²) in [5, 5.41) is 12.8. The molecule has 1 aliphatic rings. The summed E-state index contributed by atoms with van der Waals surface area (Å²) in [6.45, 7) is 3.84. The lowest BCUT2D eigenvalue weighted by Crippen LogP contribution is -2.49. The molecule has 1 aliphatic heterocycles. The molecular weight excluding hydrogens is 399 g/mol. The summed E-state index contributed by atoms with van der Waals surface area (Å²) >= 11 is 3.38. The fourth-order valence-corrected chi connectivity index (χ4v) is 3.14. The molecule has 2 aromatic rings. The van der Waals surface area contributed by atoms with Crippen molar-refractivity contribution >= 4 is 27.6 Å². The molecule has 0 radical (unpaired) electrons. The Labute approximate surface area is 161 Å². The first-order valence-electron chi connectivity index (χ1n) is 8.49. The third-order valence-electron chi connectivity index (χ3n) is 4.33. The maximum Gasteiger partial charge on any atom is 0.198 e. The normalized spacial score (nSPS) is 16.0. The third-order valence-corrected chi connectivity index (χ3v) is 4.83. The second-order valence-electron chi connectivity index (χ2n) is 6.34. The fraction of sp³-hybridized carbons (Fsp3) is 0.316.